The maximum absolute atomic E-state index is 13.4. The Morgan fingerprint density at radius 2 is 2.00 bits per heavy atom. The second kappa shape index (κ2) is 7.39. The molecule has 1 aromatic carbocycles. The molecule has 0 bridgehead atoms. The van der Waals surface area contributed by atoms with E-state index in [-0.39, 0.29) is 12.2 Å². The van der Waals surface area contributed by atoms with Crippen LogP contribution in [0.3, 0.4) is 0 Å². The Bertz CT molecular complexity index is 1130. The third-order valence-electron chi connectivity index (χ3n) is 7.24. The highest BCUT2D eigenvalue weighted by Gasteiger charge is 2.57. The fourth-order valence-electron chi connectivity index (χ4n) is 5.54. The molecular weight excluding hydrogens is 393 g/mol. The van der Waals surface area contributed by atoms with Crippen LogP contribution in [0.5, 0.6) is 0 Å². The Kier molecular flexibility index (Phi) is 4.79. The third kappa shape index (κ3) is 3.13. The van der Waals surface area contributed by atoms with Crippen LogP contribution in [0, 0.1) is 11.2 Å². The molecule has 1 fully saturated rings. The van der Waals surface area contributed by atoms with E-state index in [1.165, 1.54) is 17.7 Å². The molecule has 0 radical (unpaired) electrons. The zero-order chi connectivity index (χ0) is 21.6. The topological polar surface area (TPSA) is 71.2 Å². The number of fused-ring (bicyclic) bond motifs is 2. The van der Waals surface area contributed by atoms with E-state index in [1.54, 1.807) is 24.4 Å². The number of aromatic nitrogens is 3. The fourth-order valence-corrected chi connectivity index (χ4v) is 5.54. The van der Waals surface area contributed by atoms with Crippen molar-refractivity contribution in [1.29, 1.82) is 0 Å². The van der Waals surface area contributed by atoms with E-state index in [0.29, 0.717) is 18.5 Å². The molecule has 1 unspecified atom stereocenters. The molecule has 1 saturated carbocycles. The van der Waals surface area contributed by atoms with Gasteiger partial charge in [0, 0.05) is 18.0 Å². The van der Waals surface area contributed by atoms with Crippen molar-refractivity contribution >= 4 is 6.08 Å². The number of hydrogen-bond donors (Lipinski definition) is 2. The Morgan fingerprint density at radius 3 is 2.71 bits per heavy atom. The minimum absolute atomic E-state index is 0.247. The van der Waals surface area contributed by atoms with E-state index in [0.717, 1.165) is 29.8 Å². The van der Waals surface area contributed by atoms with Crippen LogP contribution in [-0.2, 0) is 6.42 Å². The summed E-state index contributed by atoms with van der Waals surface area (Å²) in [5.41, 5.74) is 3.17. The van der Waals surface area contributed by atoms with Crippen molar-refractivity contribution in [2.24, 2.45) is 5.41 Å². The highest BCUT2D eigenvalue weighted by Crippen LogP contribution is 2.59. The van der Waals surface area contributed by atoms with Gasteiger partial charge in [-0.15, -0.1) is 0 Å². The van der Waals surface area contributed by atoms with E-state index >= 15 is 0 Å². The number of rotatable bonds is 5. The van der Waals surface area contributed by atoms with Crippen molar-refractivity contribution in [1.82, 2.24) is 14.8 Å². The highest BCUT2D eigenvalue weighted by atomic mass is 19.1. The van der Waals surface area contributed by atoms with Crippen molar-refractivity contribution in [2.75, 3.05) is 0 Å². The van der Waals surface area contributed by atoms with Crippen LogP contribution in [0.1, 0.15) is 55.7 Å². The summed E-state index contributed by atoms with van der Waals surface area (Å²) in [5, 5.41) is 27.2. The average Bonchev–Trinajstić information content (AvgIpc) is 3.32. The zero-order valence-corrected chi connectivity index (χ0v) is 17.5. The molecule has 0 saturated heterocycles. The largest absolute Gasteiger partial charge is 0.389 e. The van der Waals surface area contributed by atoms with Crippen molar-refractivity contribution in [3.05, 3.63) is 83.2 Å². The normalized spacial score (nSPS) is 25.6. The molecule has 5 nitrogen and oxygen atoms in total. The lowest BCUT2D eigenvalue weighted by Gasteiger charge is -2.45. The zero-order valence-electron chi connectivity index (χ0n) is 17.5. The predicted octanol–water partition coefficient (Wildman–Crippen LogP) is 4.39. The molecule has 2 aromatic heterocycles. The van der Waals surface area contributed by atoms with Gasteiger partial charge in [0.2, 0.25) is 0 Å². The molecule has 2 aliphatic carbocycles. The molecule has 160 valence electrons. The van der Waals surface area contributed by atoms with Gasteiger partial charge in [-0.05, 0) is 73.7 Å². The molecule has 0 aliphatic heterocycles. The third-order valence-corrected chi connectivity index (χ3v) is 7.24. The maximum atomic E-state index is 13.4. The number of nitrogens with zero attached hydrogens (tertiary/aromatic N) is 3. The molecule has 5 rings (SSSR count). The molecular formula is C25H26FN3O2. The van der Waals surface area contributed by atoms with Gasteiger partial charge in [-0.3, -0.25) is 4.98 Å². The number of benzene rings is 1. The van der Waals surface area contributed by atoms with Gasteiger partial charge in [0.15, 0.2) is 0 Å². The molecule has 2 aliphatic rings. The summed E-state index contributed by atoms with van der Waals surface area (Å²) in [4.78, 5) is 4.27. The summed E-state index contributed by atoms with van der Waals surface area (Å²) in [7, 11) is 0. The average molecular weight is 420 g/mol. The van der Waals surface area contributed by atoms with Gasteiger partial charge in [-0.1, -0.05) is 18.6 Å². The van der Waals surface area contributed by atoms with Gasteiger partial charge in [-0.2, -0.15) is 5.10 Å². The lowest BCUT2D eigenvalue weighted by molar-refractivity contribution is -0.0834. The van der Waals surface area contributed by atoms with Gasteiger partial charge in [0.1, 0.15) is 5.82 Å². The number of aliphatic hydroxyl groups is 2. The molecule has 3 atom stereocenters. The Morgan fingerprint density at radius 1 is 1.19 bits per heavy atom. The summed E-state index contributed by atoms with van der Waals surface area (Å²) in [6, 6.07) is 11.8. The van der Waals surface area contributed by atoms with Crippen molar-refractivity contribution in [3.8, 4) is 5.69 Å². The Balaban J connectivity index is 1.50. The number of hydrogen-bond acceptors (Lipinski definition) is 4. The monoisotopic (exact) mass is 419 g/mol. The molecule has 6 heteroatoms. The highest BCUT2D eigenvalue weighted by molar-refractivity contribution is 5.63. The van der Waals surface area contributed by atoms with Crippen LogP contribution in [0.15, 0.2) is 60.4 Å². The Labute approximate surface area is 180 Å². The van der Waals surface area contributed by atoms with Crippen LogP contribution < -0.4 is 0 Å². The van der Waals surface area contributed by atoms with Crippen LogP contribution in [0.25, 0.3) is 11.8 Å². The number of aliphatic hydroxyl groups excluding tert-OH is 1. The van der Waals surface area contributed by atoms with Crippen LogP contribution >= 0.6 is 0 Å². The first-order chi connectivity index (χ1) is 15.0. The fraction of sp³-hybridized carbons (Fsp3) is 0.360. The van der Waals surface area contributed by atoms with Crippen LogP contribution in [-0.4, -0.2) is 30.6 Å². The van der Waals surface area contributed by atoms with E-state index in [4.69, 9.17) is 0 Å². The molecule has 31 heavy (non-hydrogen) atoms. The van der Waals surface area contributed by atoms with Crippen molar-refractivity contribution in [2.45, 2.75) is 50.7 Å². The summed E-state index contributed by atoms with van der Waals surface area (Å²) < 4.78 is 15.2. The molecule has 2 heterocycles. The molecule has 2 N–H and O–H groups in total. The lowest BCUT2D eigenvalue weighted by Crippen LogP contribution is -2.48. The quantitative estimate of drug-likeness (QED) is 0.643. The Hall–Kier alpha value is -2.83. The first-order valence-electron chi connectivity index (χ1n) is 10.8. The first kappa shape index (κ1) is 20.1. The maximum Gasteiger partial charge on any atom is 0.123 e. The minimum Gasteiger partial charge on any atom is -0.389 e. The minimum atomic E-state index is -1.03. The van der Waals surface area contributed by atoms with Gasteiger partial charge >= 0.3 is 0 Å². The first-order valence-corrected chi connectivity index (χ1v) is 10.8. The number of halogens is 1. The van der Waals surface area contributed by atoms with Gasteiger partial charge in [-0.25, -0.2) is 9.07 Å². The van der Waals surface area contributed by atoms with E-state index in [9.17, 15) is 14.6 Å². The van der Waals surface area contributed by atoms with Gasteiger partial charge in [0.25, 0.3) is 0 Å². The molecule has 0 spiro atoms. The molecule has 3 aromatic rings. The van der Waals surface area contributed by atoms with Gasteiger partial charge in [0.05, 0.1) is 35.0 Å². The SMILES string of the molecule is CC[C@]12Cc3cnn(-c4ccc(F)cc4)c3C=C1CC[C@@]2(O)CC(O)c1ccccn1. The predicted molar refractivity (Wildman–Crippen MR) is 116 cm³/mol. The lowest BCUT2D eigenvalue weighted by atomic mass is 9.62. The van der Waals surface area contributed by atoms with Crippen molar-refractivity contribution < 1.29 is 14.6 Å². The summed E-state index contributed by atoms with van der Waals surface area (Å²) >= 11 is 0. The standard InChI is InChI=1S/C25H26FN3O2/c1-2-24-14-17-16-28-29(20-8-6-19(26)7-9-20)22(17)13-18(24)10-11-25(24,31)15-23(30)21-5-3-4-12-27-21/h3-9,12-13,16,23,30-31H,2,10-11,14-15H2,1H3/t23?,24-,25+/m0/s1. The summed E-state index contributed by atoms with van der Waals surface area (Å²) in [6.07, 6.45) is 7.88. The summed E-state index contributed by atoms with van der Waals surface area (Å²) in [6.45, 7) is 2.10. The van der Waals surface area contributed by atoms with E-state index < -0.39 is 17.1 Å². The molecule has 0 amide bonds. The van der Waals surface area contributed by atoms with Gasteiger partial charge < -0.3 is 10.2 Å². The second-order valence-electron chi connectivity index (χ2n) is 8.73. The smallest absolute Gasteiger partial charge is 0.123 e. The van der Waals surface area contributed by atoms with Crippen LogP contribution in [0.2, 0.25) is 0 Å². The van der Waals surface area contributed by atoms with E-state index in [2.05, 4.69) is 23.1 Å². The van der Waals surface area contributed by atoms with E-state index in [1.807, 2.05) is 23.0 Å². The second-order valence-corrected chi connectivity index (χ2v) is 8.73. The summed E-state index contributed by atoms with van der Waals surface area (Å²) in [5.74, 6) is -0.277. The number of pyridine rings is 1. The van der Waals surface area contributed by atoms with Crippen LogP contribution in [0.4, 0.5) is 4.39 Å². The van der Waals surface area contributed by atoms with Crippen molar-refractivity contribution in [3.63, 3.8) is 0 Å².